The Balaban J connectivity index is 2.21. The maximum atomic E-state index is 12.1. The van der Waals surface area contributed by atoms with Crippen molar-refractivity contribution in [1.29, 1.82) is 5.26 Å². The summed E-state index contributed by atoms with van der Waals surface area (Å²) in [5.74, 6) is -0.798. The lowest BCUT2D eigenvalue weighted by Crippen LogP contribution is -2.25. The van der Waals surface area contributed by atoms with E-state index in [4.69, 9.17) is 4.74 Å². The first-order valence-electron chi connectivity index (χ1n) is 5.84. The summed E-state index contributed by atoms with van der Waals surface area (Å²) in [6.07, 6.45) is 1.26. The van der Waals surface area contributed by atoms with Crippen molar-refractivity contribution in [2.45, 2.75) is 31.8 Å². The summed E-state index contributed by atoms with van der Waals surface area (Å²) in [5, 5.41) is 9.17. The van der Waals surface area contributed by atoms with Crippen LogP contribution in [0.5, 0.6) is 0 Å². The first-order chi connectivity index (χ1) is 8.22. The molecule has 0 N–H and O–H groups in total. The Morgan fingerprint density at radius 3 is 3.00 bits per heavy atom. The molecule has 1 fully saturated rings. The van der Waals surface area contributed by atoms with E-state index in [2.05, 4.69) is 6.07 Å². The summed E-state index contributed by atoms with van der Waals surface area (Å²) in [6.45, 7) is 2.58. The van der Waals surface area contributed by atoms with Crippen LogP contribution in [0.3, 0.4) is 0 Å². The summed E-state index contributed by atoms with van der Waals surface area (Å²) >= 11 is 0. The molecule has 3 nitrogen and oxygen atoms in total. The van der Waals surface area contributed by atoms with Gasteiger partial charge < -0.3 is 4.74 Å². The van der Waals surface area contributed by atoms with Crippen molar-refractivity contribution >= 4 is 5.78 Å². The molecule has 0 aromatic heterocycles. The maximum absolute atomic E-state index is 12.1. The third-order valence-electron chi connectivity index (χ3n) is 3.04. The fourth-order valence-corrected chi connectivity index (χ4v) is 2.14. The lowest BCUT2D eigenvalue weighted by molar-refractivity contribution is -0.128. The zero-order valence-electron chi connectivity index (χ0n) is 9.85. The molecule has 0 saturated carbocycles. The fourth-order valence-electron chi connectivity index (χ4n) is 2.14. The van der Waals surface area contributed by atoms with Crippen LogP contribution in [0, 0.1) is 18.3 Å². The van der Waals surface area contributed by atoms with Crippen LogP contribution in [0.1, 0.15) is 29.9 Å². The van der Waals surface area contributed by atoms with Gasteiger partial charge in [0.2, 0.25) is 0 Å². The summed E-state index contributed by atoms with van der Waals surface area (Å²) in [5.41, 5.74) is 1.83. The third kappa shape index (κ3) is 2.54. The van der Waals surface area contributed by atoms with E-state index < -0.39 is 5.92 Å². The quantitative estimate of drug-likeness (QED) is 0.799. The Bertz CT molecular complexity index is 456. The molecule has 0 spiro atoms. The van der Waals surface area contributed by atoms with E-state index in [0.29, 0.717) is 6.61 Å². The average Bonchev–Trinajstić information content (AvgIpc) is 2.83. The number of aryl methyl sites for hydroxylation is 1. The van der Waals surface area contributed by atoms with Gasteiger partial charge in [0, 0.05) is 6.61 Å². The minimum Gasteiger partial charge on any atom is -0.370 e. The molecule has 88 valence electrons. The van der Waals surface area contributed by atoms with Gasteiger partial charge in [0.25, 0.3) is 0 Å². The number of ketones is 1. The highest BCUT2D eigenvalue weighted by molar-refractivity contribution is 5.92. The molecule has 2 rings (SSSR count). The molecule has 2 atom stereocenters. The Labute approximate surface area is 101 Å². The Hall–Kier alpha value is -1.66. The van der Waals surface area contributed by atoms with E-state index in [1.54, 1.807) is 0 Å². The highest BCUT2D eigenvalue weighted by Crippen LogP contribution is 2.24. The Morgan fingerprint density at radius 2 is 2.41 bits per heavy atom. The highest BCUT2D eigenvalue weighted by atomic mass is 16.5. The summed E-state index contributed by atoms with van der Waals surface area (Å²) in [6, 6.07) is 9.64. The van der Waals surface area contributed by atoms with Gasteiger partial charge in [-0.25, -0.2) is 0 Å². The number of rotatable bonds is 3. The van der Waals surface area contributed by atoms with Crippen molar-refractivity contribution in [1.82, 2.24) is 0 Å². The van der Waals surface area contributed by atoms with Crippen molar-refractivity contribution in [3.63, 3.8) is 0 Å². The number of nitrogens with zero attached hydrogens (tertiary/aromatic N) is 1. The van der Waals surface area contributed by atoms with Gasteiger partial charge in [-0.3, -0.25) is 4.79 Å². The molecular weight excluding hydrogens is 214 g/mol. The molecule has 1 aromatic rings. The molecular formula is C14H15NO2. The van der Waals surface area contributed by atoms with Crippen molar-refractivity contribution in [3.05, 3.63) is 35.4 Å². The zero-order chi connectivity index (χ0) is 12.3. The van der Waals surface area contributed by atoms with Crippen LogP contribution in [0.2, 0.25) is 0 Å². The molecule has 1 saturated heterocycles. The molecule has 3 heteroatoms. The number of hydrogen-bond donors (Lipinski definition) is 0. The van der Waals surface area contributed by atoms with Crippen molar-refractivity contribution < 1.29 is 9.53 Å². The maximum Gasteiger partial charge on any atom is 0.183 e. The highest BCUT2D eigenvalue weighted by Gasteiger charge is 2.31. The fraction of sp³-hybridized carbons (Fsp3) is 0.429. The van der Waals surface area contributed by atoms with Gasteiger partial charge in [0.1, 0.15) is 12.0 Å². The van der Waals surface area contributed by atoms with E-state index in [1.165, 1.54) is 0 Å². The van der Waals surface area contributed by atoms with Crippen LogP contribution in [-0.2, 0) is 9.53 Å². The molecule has 17 heavy (non-hydrogen) atoms. The van der Waals surface area contributed by atoms with Gasteiger partial charge in [-0.15, -0.1) is 0 Å². The van der Waals surface area contributed by atoms with E-state index in [0.717, 1.165) is 24.0 Å². The first kappa shape index (κ1) is 11.8. The molecule has 1 aliphatic rings. The van der Waals surface area contributed by atoms with Gasteiger partial charge in [-0.05, 0) is 25.3 Å². The van der Waals surface area contributed by atoms with Crippen LogP contribution in [0.15, 0.2) is 24.3 Å². The molecule has 1 heterocycles. The lowest BCUT2D eigenvalue weighted by Gasteiger charge is -2.13. The minimum absolute atomic E-state index is 0.101. The second kappa shape index (κ2) is 5.11. The number of hydrogen-bond acceptors (Lipinski definition) is 3. The van der Waals surface area contributed by atoms with Gasteiger partial charge in [-0.1, -0.05) is 29.8 Å². The molecule has 2 unspecified atom stereocenters. The molecule has 1 aliphatic heterocycles. The summed E-state index contributed by atoms with van der Waals surface area (Å²) in [7, 11) is 0. The zero-order valence-corrected chi connectivity index (χ0v) is 9.85. The van der Waals surface area contributed by atoms with E-state index in [1.807, 2.05) is 31.2 Å². The number of benzene rings is 1. The molecule has 1 aromatic carbocycles. The molecule has 0 amide bonds. The molecule has 0 aliphatic carbocycles. The predicted molar refractivity (Wildman–Crippen MR) is 63.5 cm³/mol. The topological polar surface area (TPSA) is 50.1 Å². The molecule has 0 radical (unpaired) electrons. The average molecular weight is 229 g/mol. The first-order valence-corrected chi connectivity index (χ1v) is 5.84. The van der Waals surface area contributed by atoms with Gasteiger partial charge >= 0.3 is 0 Å². The van der Waals surface area contributed by atoms with Crippen LogP contribution in [0.4, 0.5) is 0 Å². The van der Waals surface area contributed by atoms with Crippen LogP contribution < -0.4 is 0 Å². The van der Waals surface area contributed by atoms with E-state index in [9.17, 15) is 10.1 Å². The van der Waals surface area contributed by atoms with Crippen molar-refractivity contribution in [2.24, 2.45) is 0 Å². The van der Waals surface area contributed by atoms with Gasteiger partial charge in [0.05, 0.1) is 6.07 Å². The van der Waals surface area contributed by atoms with Gasteiger partial charge in [-0.2, -0.15) is 5.26 Å². The SMILES string of the molecule is Cc1cccc(C(C#N)C(=O)C2CCCO2)c1. The third-order valence-corrected chi connectivity index (χ3v) is 3.04. The van der Waals surface area contributed by atoms with Gasteiger partial charge in [0.15, 0.2) is 5.78 Å². The standard InChI is InChI=1S/C14H15NO2/c1-10-4-2-5-11(8-10)12(9-15)14(16)13-6-3-7-17-13/h2,4-5,8,12-13H,3,6-7H2,1H3. The van der Waals surface area contributed by atoms with Crippen LogP contribution in [-0.4, -0.2) is 18.5 Å². The predicted octanol–water partition coefficient (Wildman–Crippen LogP) is 2.35. The molecule has 0 bridgehead atoms. The Morgan fingerprint density at radius 1 is 1.59 bits per heavy atom. The second-order valence-corrected chi connectivity index (χ2v) is 4.38. The largest absolute Gasteiger partial charge is 0.370 e. The smallest absolute Gasteiger partial charge is 0.183 e. The van der Waals surface area contributed by atoms with E-state index in [-0.39, 0.29) is 11.9 Å². The normalized spacial score (nSPS) is 20.8. The van der Waals surface area contributed by atoms with Crippen LogP contribution in [0.25, 0.3) is 0 Å². The second-order valence-electron chi connectivity index (χ2n) is 4.38. The lowest BCUT2D eigenvalue weighted by atomic mass is 9.91. The number of carbonyl (C=O) groups is 1. The van der Waals surface area contributed by atoms with Crippen LogP contribution >= 0.6 is 0 Å². The Kier molecular flexibility index (Phi) is 3.55. The number of Topliss-reactive ketones (excluding diaryl/α,β-unsaturated/α-hetero) is 1. The summed E-state index contributed by atoms with van der Waals surface area (Å²) < 4.78 is 5.35. The van der Waals surface area contributed by atoms with E-state index >= 15 is 0 Å². The van der Waals surface area contributed by atoms with Crippen molar-refractivity contribution in [2.75, 3.05) is 6.61 Å². The minimum atomic E-state index is -0.696. The summed E-state index contributed by atoms with van der Waals surface area (Å²) in [4.78, 5) is 12.1. The number of carbonyl (C=O) groups excluding carboxylic acids is 1. The number of ether oxygens (including phenoxy) is 1. The number of nitriles is 1. The monoisotopic (exact) mass is 229 g/mol. The van der Waals surface area contributed by atoms with Crippen molar-refractivity contribution in [3.8, 4) is 6.07 Å².